The SMILES string of the molecule is COc1ccc2c(c1)CNC(=O)C2. The summed E-state index contributed by atoms with van der Waals surface area (Å²) >= 11 is 0. The lowest BCUT2D eigenvalue weighted by Crippen LogP contribution is -2.30. The van der Waals surface area contributed by atoms with Crippen molar-refractivity contribution in [1.29, 1.82) is 0 Å². The molecule has 0 aromatic heterocycles. The average molecular weight is 177 g/mol. The van der Waals surface area contributed by atoms with Gasteiger partial charge in [-0.3, -0.25) is 4.79 Å². The number of hydrogen-bond acceptors (Lipinski definition) is 2. The fraction of sp³-hybridized carbons (Fsp3) is 0.300. The van der Waals surface area contributed by atoms with Crippen molar-refractivity contribution in [1.82, 2.24) is 5.32 Å². The Morgan fingerprint density at radius 2 is 2.23 bits per heavy atom. The second kappa shape index (κ2) is 3.09. The maximum atomic E-state index is 11.0. The van der Waals surface area contributed by atoms with Crippen LogP contribution in [0.1, 0.15) is 11.1 Å². The second-order valence-corrected chi connectivity index (χ2v) is 3.09. The highest BCUT2D eigenvalue weighted by Gasteiger charge is 2.14. The standard InChI is InChI=1S/C10H11NO2/c1-13-9-3-2-7-5-10(12)11-6-8(7)4-9/h2-4H,5-6H2,1H3,(H,11,12). The Morgan fingerprint density at radius 1 is 1.38 bits per heavy atom. The van der Waals surface area contributed by atoms with Gasteiger partial charge in [-0.05, 0) is 23.3 Å². The van der Waals surface area contributed by atoms with Gasteiger partial charge in [-0.1, -0.05) is 6.07 Å². The first kappa shape index (κ1) is 8.10. The van der Waals surface area contributed by atoms with Gasteiger partial charge in [0.1, 0.15) is 5.75 Å². The molecule has 1 amide bonds. The number of hydrogen-bond donors (Lipinski definition) is 1. The molecule has 3 heteroatoms. The molecule has 1 N–H and O–H groups in total. The monoisotopic (exact) mass is 177 g/mol. The van der Waals surface area contributed by atoms with Gasteiger partial charge in [-0.15, -0.1) is 0 Å². The molecule has 0 unspecified atom stereocenters. The van der Waals surface area contributed by atoms with Gasteiger partial charge in [0.05, 0.1) is 13.5 Å². The smallest absolute Gasteiger partial charge is 0.224 e. The highest BCUT2D eigenvalue weighted by molar-refractivity contribution is 5.80. The molecule has 0 saturated carbocycles. The Hall–Kier alpha value is -1.51. The van der Waals surface area contributed by atoms with Gasteiger partial charge in [0, 0.05) is 6.54 Å². The number of carbonyl (C=O) groups is 1. The van der Waals surface area contributed by atoms with Crippen LogP contribution in [0.2, 0.25) is 0 Å². The molecule has 0 radical (unpaired) electrons. The Bertz CT molecular complexity index is 347. The summed E-state index contributed by atoms with van der Waals surface area (Å²) in [6, 6.07) is 5.80. The van der Waals surface area contributed by atoms with Crippen molar-refractivity contribution in [2.24, 2.45) is 0 Å². The van der Waals surface area contributed by atoms with E-state index in [2.05, 4.69) is 5.32 Å². The molecule has 0 bridgehead atoms. The number of methoxy groups -OCH3 is 1. The largest absolute Gasteiger partial charge is 0.497 e. The molecular formula is C10H11NO2. The van der Waals surface area contributed by atoms with Gasteiger partial charge in [-0.2, -0.15) is 0 Å². The van der Waals surface area contributed by atoms with E-state index in [4.69, 9.17) is 4.74 Å². The van der Waals surface area contributed by atoms with E-state index in [-0.39, 0.29) is 5.91 Å². The predicted molar refractivity (Wildman–Crippen MR) is 48.5 cm³/mol. The van der Waals surface area contributed by atoms with E-state index in [9.17, 15) is 4.79 Å². The van der Waals surface area contributed by atoms with Crippen LogP contribution in [0.25, 0.3) is 0 Å². The van der Waals surface area contributed by atoms with Gasteiger partial charge in [0.2, 0.25) is 5.91 Å². The van der Waals surface area contributed by atoms with Crippen LogP contribution >= 0.6 is 0 Å². The number of nitrogens with one attached hydrogen (secondary N) is 1. The average Bonchev–Trinajstić information content (AvgIpc) is 2.17. The van der Waals surface area contributed by atoms with Crippen molar-refractivity contribution in [3.8, 4) is 5.75 Å². The minimum absolute atomic E-state index is 0.0951. The molecule has 0 atom stereocenters. The predicted octanol–water partition coefficient (Wildman–Crippen LogP) is 0.867. The zero-order valence-electron chi connectivity index (χ0n) is 7.46. The van der Waals surface area contributed by atoms with E-state index < -0.39 is 0 Å². The molecule has 0 aliphatic carbocycles. The number of amides is 1. The molecule has 1 aliphatic rings. The molecule has 0 fully saturated rings. The third kappa shape index (κ3) is 1.49. The molecule has 1 aromatic carbocycles. The minimum atomic E-state index is 0.0951. The second-order valence-electron chi connectivity index (χ2n) is 3.09. The van der Waals surface area contributed by atoms with Gasteiger partial charge in [0.15, 0.2) is 0 Å². The third-order valence-electron chi connectivity index (χ3n) is 2.24. The Kier molecular flexibility index (Phi) is 1.93. The fourth-order valence-electron chi connectivity index (χ4n) is 1.50. The molecule has 2 rings (SSSR count). The lowest BCUT2D eigenvalue weighted by molar-refractivity contribution is -0.121. The van der Waals surface area contributed by atoms with Crippen LogP contribution in [0, 0.1) is 0 Å². The summed E-state index contributed by atoms with van der Waals surface area (Å²) in [4.78, 5) is 11.0. The lowest BCUT2D eigenvalue weighted by Gasteiger charge is -2.16. The first-order valence-electron chi connectivity index (χ1n) is 4.22. The highest BCUT2D eigenvalue weighted by Crippen LogP contribution is 2.20. The lowest BCUT2D eigenvalue weighted by atomic mass is 10.0. The Balaban J connectivity index is 2.36. The maximum absolute atomic E-state index is 11.0. The Labute approximate surface area is 76.7 Å². The third-order valence-corrected chi connectivity index (χ3v) is 2.24. The van der Waals surface area contributed by atoms with Crippen LogP contribution in [0.4, 0.5) is 0 Å². The summed E-state index contributed by atoms with van der Waals surface area (Å²) in [7, 11) is 1.64. The number of carbonyl (C=O) groups excluding carboxylic acids is 1. The molecule has 0 saturated heterocycles. The topological polar surface area (TPSA) is 38.3 Å². The number of rotatable bonds is 1. The minimum Gasteiger partial charge on any atom is -0.497 e. The summed E-state index contributed by atoms with van der Waals surface area (Å²) in [5, 5.41) is 2.80. The van der Waals surface area contributed by atoms with E-state index in [1.165, 1.54) is 0 Å². The number of ether oxygens (including phenoxy) is 1. The maximum Gasteiger partial charge on any atom is 0.224 e. The molecule has 1 aromatic rings. The van der Waals surface area contributed by atoms with Crippen LogP contribution in [0.5, 0.6) is 5.75 Å². The first-order chi connectivity index (χ1) is 6.29. The van der Waals surface area contributed by atoms with E-state index in [1.54, 1.807) is 7.11 Å². The van der Waals surface area contributed by atoms with Crippen molar-refractivity contribution in [3.63, 3.8) is 0 Å². The first-order valence-corrected chi connectivity index (χ1v) is 4.22. The summed E-state index contributed by atoms with van der Waals surface area (Å²) < 4.78 is 5.09. The van der Waals surface area contributed by atoms with Crippen molar-refractivity contribution in [2.75, 3.05) is 7.11 Å². The fourth-order valence-corrected chi connectivity index (χ4v) is 1.50. The summed E-state index contributed by atoms with van der Waals surface area (Å²) in [5.74, 6) is 0.938. The molecular weight excluding hydrogens is 166 g/mol. The molecule has 3 nitrogen and oxygen atoms in total. The van der Waals surface area contributed by atoms with Crippen LogP contribution in [-0.2, 0) is 17.8 Å². The normalized spacial score (nSPS) is 14.7. The van der Waals surface area contributed by atoms with Crippen molar-refractivity contribution >= 4 is 5.91 Å². The quantitative estimate of drug-likeness (QED) is 0.691. The zero-order valence-corrected chi connectivity index (χ0v) is 7.46. The van der Waals surface area contributed by atoms with Crippen LogP contribution in [-0.4, -0.2) is 13.0 Å². The van der Waals surface area contributed by atoms with Crippen LogP contribution in [0.3, 0.4) is 0 Å². The molecule has 1 heterocycles. The van der Waals surface area contributed by atoms with Crippen molar-refractivity contribution in [2.45, 2.75) is 13.0 Å². The van der Waals surface area contributed by atoms with Crippen molar-refractivity contribution < 1.29 is 9.53 Å². The molecule has 1 aliphatic heterocycles. The van der Waals surface area contributed by atoms with E-state index in [0.717, 1.165) is 16.9 Å². The highest BCUT2D eigenvalue weighted by atomic mass is 16.5. The van der Waals surface area contributed by atoms with E-state index >= 15 is 0 Å². The van der Waals surface area contributed by atoms with Gasteiger partial charge in [0.25, 0.3) is 0 Å². The van der Waals surface area contributed by atoms with Crippen LogP contribution in [0.15, 0.2) is 18.2 Å². The van der Waals surface area contributed by atoms with Crippen molar-refractivity contribution in [3.05, 3.63) is 29.3 Å². The zero-order chi connectivity index (χ0) is 9.26. The van der Waals surface area contributed by atoms with Gasteiger partial charge in [-0.25, -0.2) is 0 Å². The van der Waals surface area contributed by atoms with Gasteiger partial charge < -0.3 is 10.1 Å². The van der Waals surface area contributed by atoms with Crippen LogP contribution < -0.4 is 10.1 Å². The number of fused-ring (bicyclic) bond motifs is 1. The summed E-state index contributed by atoms with van der Waals surface area (Å²) in [6.07, 6.45) is 0.485. The van der Waals surface area contributed by atoms with E-state index in [1.807, 2.05) is 18.2 Å². The summed E-state index contributed by atoms with van der Waals surface area (Å²) in [5.41, 5.74) is 2.25. The summed E-state index contributed by atoms with van der Waals surface area (Å²) in [6.45, 7) is 0.616. The Morgan fingerprint density at radius 3 is 3.00 bits per heavy atom. The molecule has 13 heavy (non-hydrogen) atoms. The molecule has 0 spiro atoms. The molecule has 68 valence electrons. The van der Waals surface area contributed by atoms with Gasteiger partial charge >= 0.3 is 0 Å². The van der Waals surface area contributed by atoms with E-state index in [0.29, 0.717) is 13.0 Å². The number of benzene rings is 1.